The smallest absolute Gasteiger partial charge is 0.241 e. The molecule has 1 fully saturated rings. The van der Waals surface area contributed by atoms with Crippen molar-refractivity contribution in [1.82, 2.24) is 20.7 Å². The molecular weight excluding hydrogens is 228 g/mol. The van der Waals surface area contributed by atoms with Gasteiger partial charge in [-0.2, -0.15) is 0 Å². The Labute approximate surface area is 108 Å². The third kappa shape index (κ3) is 3.05. The molecule has 2 N–H and O–H groups in total. The van der Waals surface area contributed by atoms with Crippen LogP contribution in [0.4, 0.5) is 0 Å². The number of pyridine rings is 1. The number of carbonyl (C=O) groups excluding carboxylic acids is 1. The van der Waals surface area contributed by atoms with Crippen LogP contribution in [-0.2, 0) is 11.3 Å². The first kappa shape index (κ1) is 13.0. The molecule has 1 aliphatic heterocycles. The molecule has 0 aromatic carbocycles. The molecule has 1 atom stereocenters. The Bertz CT molecular complexity index is 387. The molecule has 18 heavy (non-hydrogen) atoms. The molecule has 1 saturated heterocycles. The maximum atomic E-state index is 12.4. The molecule has 1 aromatic heterocycles. The summed E-state index contributed by atoms with van der Waals surface area (Å²) in [6, 6.07) is 5.83. The first-order valence-electron chi connectivity index (χ1n) is 6.37. The summed E-state index contributed by atoms with van der Waals surface area (Å²) in [6.07, 6.45) is 2.60. The zero-order valence-corrected chi connectivity index (χ0v) is 10.9. The summed E-state index contributed by atoms with van der Waals surface area (Å²) >= 11 is 0. The lowest BCUT2D eigenvalue weighted by Crippen LogP contribution is -2.47. The van der Waals surface area contributed by atoms with Gasteiger partial charge >= 0.3 is 0 Å². The van der Waals surface area contributed by atoms with E-state index in [1.54, 1.807) is 6.20 Å². The fourth-order valence-electron chi connectivity index (χ4n) is 2.05. The van der Waals surface area contributed by atoms with Crippen LogP contribution in [0.1, 0.15) is 26.0 Å². The minimum Gasteiger partial charge on any atom is -0.333 e. The van der Waals surface area contributed by atoms with Gasteiger partial charge in [0.1, 0.15) is 6.04 Å². The third-order valence-electron chi connectivity index (χ3n) is 3.10. The first-order valence-corrected chi connectivity index (χ1v) is 6.37. The van der Waals surface area contributed by atoms with Crippen LogP contribution < -0.4 is 10.9 Å². The number of nitrogens with one attached hydrogen (secondary N) is 2. The second-order valence-corrected chi connectivity index (χ2v) is 4.79. The van der Waals surface area contributed by atoms with Crippen LogP contribution in [0.15, 0.2) is 24.4 Å². The highest BCUT2D eigenvalue weighted by Gasteiger charge is 2.28. The van der Waals surface area contributed by atoms with Crippen molar-refractivity contribution in [1.29, 1.82) is 0 Å². The highest BCUT2D eigenvalue weighted by molar-refractivity contribution is 5.82. The van der Waals surface area contributed by atoms with Crippen LogP contribution in [0.3, 0.4) is 0 Å². The number of carbonyl (C=O) groups is 1. The highest BCUT2D eigenvalue weighted by atomic mass is 16.2. The number of hydrazine groups is 1. The average molecular weight is 248 g/mol. The van der Waals surface area contributed by atoms with Crippen LogP contribution in [0.2, 0.25) is 0 Å². The van der Waals surface area contributed by atoms with E-state index in [0.29, 0.717) is 6.54 Å². The molecule has 0 radical (unpaired) electrons. The Morgan fingerprint density at radius 2 is 2.39 bits per heavy atom. The van der Waals surface area contributed by atoms with E-state index in [9.17, 15) is 4.79 Å². The number of rotatable bonds is 4. The quantitative estimate of drug-likeness (QED) is 0.823. The molecule has 5 nitrogen and oxygen atoms in total. The highest BCUT2D eigenvalue weighted by Crippen LogP contribution is 2.10. The minimum atomic E-state index is -0.115. The van der Waals surface area contributed by atoms with Crippen molar-refractivity contribution in [2.45, 2.75) is 38.9 Å². The van der Waals surface area contributed by atoms with Crippen molar-refractivity contribution < 1.29 is 4.79 Å². The lowest BCUT2D eigenvalue weighted by molar-refractivity contribution is -0.135. The van der Waals surface area contributed by atoms with Gasteiger partial charge in [0.25, 0.3) is 0 Å². The van der Waals surface area contributed by atoms with Gasteiger partial charge in [-0.05, 0) is 32.4 Å². The molecule has 1 aliphatic rings. The van der Waals surface area contributed by atoms with E-state index in [4.69, 9.17) is 0 Å². The van der Waals surface area contributed by atoms with Crippen LogP contribution in [0, 0.1) is 0 Å². The summed E-state index contributed by atoms with van der Waals surface area (Å²) < 4.78 is 0. The van der Waals surface area contributed by atoms with Gasteiger partial charge in [0, 0.05) is 18.8 Å². The average Bonchev–Trinajstić information content (AvgIpc) is 2.90. The molecule has 0 bridgehead atoms. The van der Waals surface area contributed by atoms with Crippen LogP contribution in [0.5, 0.6) is 0 Å². The fourth-order valence-corrected chi connectivity index (χ4v) is 2.05. The van der Waals surface area contributed by atoms with Crippen molar-refractivity contribution in [2.24, 2.45) is 0 Å². The molecule has 2 heterocycles. The van der Waals surface area contributed by atoms with E-state index in [-0.39, 0.29) is 18.0 Å². The molecule has 98 valence electrons. The van der Waals surface area contributed by atoms with Gasteiger partial charge in [0.05, 0.1) is 12.2 Å². The Hall–Kier alpha value is -1.46. The van der Waals surface area contributed by atoms with Gasteiger partial charge in [-0.1, -0.05) is 6.07 Å². The van der Waals surface area contributed by atoms with E-state index >= 15 is 0 Å². The van der Waals surface area contributed by atoms with Crippen molar-refractivity contribution in [3.8, 4) is 0 Å². The van der Waals surface area contributed by atoms with Crippen molar-refractivity contribution in [3.05, 3.63) is 30.1 Å². The fraction of sp³-hybridized carbons (Fsp3) is 0.538. The van der Waals surface area contributed by atoms with E-state index < -0.39 is 0 Å². The molecule has 0 aliphatic carbocycles. The molecule has 2 rings (SSSR count). The zero-order chi connectivity index (χ0) is 13.0. The summed E-state index contributed by atoms with van der Waals surface area (Å²) in [4.78, 5) is 18.5. The SMILES string of the molecule is CC(C)N(Cc1ccccn1)C(=O)C1CCNN1. The molecule has 5 heteroatoms. The van der Waals surface area contributed by atoms with E-state index in [1.165, 1.54) is 0 Å². The number of aromatic nitrogens is 1. The Morgan fingerprint density at radius 1 is 1.56 bits per heavy atom. The number of amides is 1. The molecule has 0 saturated carbocycles. The maximum absolute atomic E-state index is 12.4. The Kier molecular flexibility index (Phi) is 4.28. The molecular formula is C13H20N4O. The second kappa shape index (κ2) is 5.93. The zero-order valence-electron chi connectivity index (χ0n) is 10.9. The molecule has 0 spiro atoms. The van der Waals surface area contributed by atoms with Crippen LogP contribution in [0.25, 0.3) is 0 Å². The largest absolute Gasteiger partial charge is 0.333 e. The summed E-state index contributed by atoms with van der Waals surface area (Å²) in [5.41, 5.74) is 6.94. The molecule has 1 amide bonds. The predicted octanol–water partition coefficient (Wildman–Crippen LogP) is 0.685. The standard InChI is InChI=1S/C13H20N4O/c1-10(2)17(9-11-5-3-4-7-14-11)13(18)12-6-8-15-16-12/h3-5,7,10,12,15-16H,6,8-9H2,1-2H3. The summed E-state index contributed by atoms with van der Waals surface area (Å²) in [6.45, 7) is 5.47. The van der Waals surface area contributed by atoms with Gasteiger partial charge in [0.2, 0.25) is 5.91 Å². The van der Waals surface area contributed by atoms with Crippen LogP contribution >= 0.6 is 0 Å². The minimum absolute atomic E-state index is 0.115. The second-order valence-electron chi connectivity index (χ2n) is 4.79. The lowest BCUT2D eigenvalue weighted by Gasteiger charge is -2.28. The van der Waals surface area contributed by atoms with Crippen molar-refractivity contribution in [3.63, 3.8) is 0 Å². The van der Waals surface area contributed by atoms with Crippen LogP contribution in [-0.4, -0.2) is 34.4 Å². The first-order chi connectivity index (χ1) is 8.68. The van der Waals surface area contributed by atoms with E-state index in [2.05, 4.69) is 15.8 Å². The van der Waals surface area contributed by atoms with Gasteiger partial charge in [-0.3, -0.25) is 15.2 Å². The molecule has 1 unspecified atom stereocenters. The van der Waals surface area contributed by atoms with E-state index in [1.807, 2.05) is 36.9 Å². The predicted molar refractivity (Wildman–Crippen MR) is 69.5 cm³/mol. The Morgan fingerprint density at radius 3 is 2.94 bits per heavy atom. The van der Waals surface area contributed by atoms with Gasteiger partial charge in [-0.25, -0.2) is 5.43 Å². The topological polar surface area (TPSA) is 57.3 Å². The van der Waals surface area contributed by atoms with Crippen molar-refractivity contribution >= 4 is 5.91 Å². The summed E-state index contributed by atoms with van der Waals surface area (Å²) in [7, 11) is 0. The van der Waals surface area contributed by atoms with Gasteiger partial charge in [0.15, 0.2) is 0 Å². The molecule has 1 aromatic rings. The normalized spacial score (nSPS) is 19.2. The lowest BCUT2D eigenvalue weighted by atomic mass is 10.1. The number of hydrogen-bond acceptors (Lipinski definition) is 4. The number of hydrogen-bond donors (Lipinski definition) is 2. The Balaban J connectivity index is 2.06. The van der Waals surface area contributed by atoms with E-state index in [0.717, 1.165) is 18.7 Å². The third-order valence-corrected chi connectivity index (χ3v) is 3.10. The van der Waals surface area contributed by atoms with Gasteiger partial charge in [-0.15, -0.1) is 0 Å². The summed E-state index contributed by atoms with van der Waals surface area (Å²) in [5.74, 6) is 0.139. The van der Waals surface area contributed by atoms with Crippen molar-refractivity contribution in [2.75, 3.05) is 6.54 Å². The maximum Gasteiger partial charge on any atom is 0.241 e. The van der Waals surface area contributed by atoms with Gasteiger partial charge < -0.3 is 4.90 Å². The number of nitrogens with zero attached hydrogens (tertiary/aromatic N) is 2. The monoisotopic (exact) mass is 248 g/mol. The summed E-state index contributed by atoms with van der Waals surface area (Å²) in [5, 5.41) is 0.